The van der Waals surface area contributed by atoms with Crippen LogP contribution >= 0.6 is 0 Å². The maximum Gasteiger partial charge on any atom is 0.216 e. The Hall–Kier alpha value is -1.95. The fraction of sp³-hybridized carbons (Fsp3) is 0.364. The van der Waals surface area contributed by atoms with Gasteiger partial charge in [0, 0.05) is 25.0 Å². The lowest BCUT2D eigenvalue weighted by molar-refractivity contribution is 0.395. The average Bonchev–Trinajstić information content (AvgIpc) is 2.86. The van der Waals surface area contributed by atoms with Crippen molar-refractivity contribution in [3.05, 3.63) is 36.3 Å². The van der Waals surface area contributed by atoms with Gasteiger partial charge in [-0.15, -0.1) is 0 Å². The van der Waals surface area contributed by atoms with Crippen LogP contribution in [0.1, 0.15) is 24.5 Å². The van der Waals surface area contributed by atoms with Gasteiger partial charge in [-0.25, -0.2) is 15.0 Å². The summed E-state index contributed by atoms with van der Waals surface area (Å²) in [4.78, 5) is 12.4. The second-order valence-electron chi connectivity index (χ2n) is 3.53. The van der Waals surface area contributed by atoms with Crippen LogP contribution in [0.25, 0.3) is 0 Å². The van der Waals surface area contributed by atoms with Crippen LogP contribution in [-0.4, -0.2) is 26.6 Å². The van der Waals surface area contributed by atoms with Crippen molar-refractivity contribution in [2.75, 3.05) is 7.11 Å². The van der Waals surface area contributed by atoms with Crippen molar-refractivity contribution in [1.29, 1.82) is 0 Å². The fourth-order valence-electron chi connectivity index (χ4n) is 1.63. The molecule has 0 spiro atoms. The number of hydrogen-bond donors (Lipinski definition) is 1. The predicted octanol–water partition coefficient (Wildman–Crippen LogP) is 0.750. The normalized spacial score (nSPS) is 12.4. The average molecular weight is 233 g/mol. The predicted molar refractivity (Wildman–Crippen MR) is 62.5 cm³/mol. The summed E-state index contributed by atoms with van der Waals surface area (Å²) < 4.78 is 7.03. The number of imidazole rings is 1. The highest BCUT2D eigenvalue weighted by Crippen LogP contribution is 2.18. The zero-order valence-electron chi connectivity index (χ0n) is 9.87. The van der Waals surface area contributed by atoms with Gasteiger partial charge < -0.3 is 15.0 Å². The lowest BCUT2D eigenvalue weighted by atomic mass is 10.2. The first kappa shape index (κ1) is 11.5. The van der Waals surface area contributed by atoms with Gasteiger partial charge in [-0.05, 0) is 6.92 Å². The van der Waals surface area contributed by atoms with Crippen molar-refractivity contribution in [2.45, 2.75) is 19.5 Å². The van der Waals surface area contributed by atoms with Crippen LogP contribution in [0.3, 0.4) is 0 Å². The van der Waals surface area contributed by atoms with Gasteiger partial charge in [-0.3, -0.25) is 0 Å². The van der Waals surface area contributed by atoms with E-state index in [0.717, 1.165) is 12.4 Å². The molecular formula is C11H15N5O. The molecule has 6 nitrogen and oxygen atoms in total. The molecule has 1 atom stereocenters. The molecule has 2 rings (SSSR count). The largest absolute Gasteiger partial charge is 0.481 e. The zero-order chi connectivity index (χ0) is 12.3. The molecule has 0 aliphatic rings. The summed E-state index contributed by atoms with van der Waals surface area (Å²) in [7, 11) is 1.56. The molecule has 0 saturated carbocycles. The molecule has 0 aliphatic carbocycles. The van der Waals surface area contributed by atoms with Crippen LogP contribution in [0.15, 0.2) is 24.8 Å². The van der Waals surface area contributed by atoms with Crippen LogP contribution in [0.4, 0.5) is 0 Å². The van der Waals surface area contributed by atoms with E-state index >= 15 is 0 Å². The van der Waals surface area contributed by atoms with Crippen molar-refractivity contribution >= 4 is 0 Å². The molecule has 0 fully saturated rings. The maximum atomic E-state index is 6.13. The van der Waals surface area contributed by atoms with E-state index < -0.39 is 0 Å². The summed E-state index contributed by atoms with van der Waals surface area (Å²) in [6.07, 6.45) is 5.07. The summed E-state index contributed by atoms with van der Waals surface area (Å²) in [5.74, 6) is 1.29. The van der Waals surface area contributed by atoms with E-state index in [1.165, 1.54) is 6.33 Å². The molecule has 6 heteroatoms. The van der Waals surface area contributed by atoms with Gasteiger partial charge in [0.05, 0.1) is 12.8 Å². The molecule has 2 aromatic rings. The highest BCUT2D eigenvalue weighted by molar-refractivity contribution is 5.21. The minimum absolute atomic E-state index is 0.373. The molecule has 1 unspecified atom stereocenters. The van der Waals surface area contributed by atoms with Gasteiger partial charge in [0.25, 0.3) is 0 Å². The fourth-order valence-corrected chi connectivity index (χ4v) is 1.63. The molecule has 0 saturated heterocycles. The summed E-state index contributed by atoms with van der Waals surface area (Å²) >= 11 is 0. The number of aryl methyl sites for hydroxylation is 1. The van der Waals surface area contributed by atoms with Crippen molar-refractivity contribution in [3.8, 4) is 5.88 Å². The Labute approximate surface area is 99.5 Å². The van der Waals surface area contributed by atoms with Crippen LogP contribution in [-0.2, 0) is 6.54 Å². The lowest BCUT2D eigenvalue weighted by Gasteiger charge is -2.12. The van der Waals surface area contributed by atoms with Gasteiger partial charge in [0.15, 0.2) is 0 Å². The Bertz CT molecular complexity index is 496. The van der Waals surface area contributed by atoms with E-state index in [0.29, 0.717) is 11.6 Å². The van der Waals surface area contributed by atoms with Crippen LogP contribution in [0.2, 0.25) is 0 Å². The number of methoxy groups -OCH3 is 1. The molecule has 0 aromatic carbocycles. The molecule has 2 heterocycles. The Morgan fingerprint density at radius 3 is 2.94 bits per heavy atom. The first-order chi connectivity index (χ1) is 8.26. The number of aromatic nitrogens is 4. The summed E-state index contributed by atoms with van der Waals surface area (Å²) in [5.41, 5.74) is 6.82. The van der Waals surface area contributed by atoms with Crippen LogP contribution in [0, 0.1) is 0 Å². The Morgan fingerprint density at radius 1 is 1.41 bits per heavy atom. The molecule has 0 aliphatic heterocycles. The van der Waals surface area contributed by atoms with Crippen molar-refractivity contribution in [3.63, 3.8) is 0 Å². The van der Waals surface area contributed by atoms with Gasteiger partial charge in [0.2, 0.25) is 5.88 Å². The standard InChI is InChI=1S/C11H15N5O/c1-3-16-5-4-13-11(16)10(12)8-6-9(17-2)15-7-14-8/h4-7,10H,3,12H2,1-2H3. The van der Waals surface area contributed by atoms with E-state index in [2.05, 4.69) is 15.0 Å². The minimum atomic E-state index is -0.373. The molecule has 2 aromatic heterocycles. The van der Waals surface area contributed by atoms with Gasteiger partial charge in [-0.2, -0.15) is 0 Å². The molecule has 17 heavy (non-hydrogen) atoms. The second kappa shape index (κ2) is 4.92. The SMILES string of the molecule is CCn1ccnc1C(N)c1cc(OC)ncn1. The third-order valence-corrected chi connectivity index (χ3v) is 2.56. The van der Waals surface area contributed by atoms with Crippen molar-refractivity contribution in [1.82, 2.24) is 19.5 Å². The van der Waals surface area contributed by atoms with Crippen molar-refractivity contribution in [2.24, 2.45) is 5.73 Å². The van der Waals surface area contributed by atoms with E-state index in [1.54, 1.807) is 19.4 Å². The minimum Gasteiger partial charge on any atom is -0.481 e. The third kappa shape index (κ3) is 2.26. The molecular weight excluding hydrogens is 218 g/mol. The first-order valence-corrected chi connectivity index (χ1v) is 5.38. The number of hydrogen-bond acceptors (Lipinski definition) is 5. The van der Waals surface area contributed by atoms with Crippen LogP contribution in [0.5, 0.6) is 5.88 Å². The zero-order valence-corrected chi connectivity index (χ0v) is 9.87. The Balaban J connectivity index is 2.33. The molecule has 0 radical (unpaired) electrons. The van der Waals surface area contributed by atoms with E-state index in [4.69, 9.17) is 10.5 Å². The quantitative estimate of drug-likeness (QED) is 0.843. The van der Waals surface area contributed by atoms with Gasteiger partial charge in [0.1, 0.15) is 18.2 Å². The van der Waals surface area contributed by atoms with E-state index in [1.807, 2.05) is 17.7 Å². The first-order valence-electron chi connectivity index (χ1n) is 5.38. The van der Waals surface area contributed by atoms with Crippen LogP contribution < -0.4 is 10.5 Å². The lowest BCUT2D eigenvalue weighted by Crippen LogP contribution is -2.19. The van der Waals surface area contributed by atoms with Gasteiger partial charge >= 0.3 is 0 Å². The smallest absolute Gasteiger partial charge is 0.216 e. The topological polar surface area (TPSA) is 78.9 Å². The number of nitrogens with zero attached hydrogens (tertiary/aromatic N) is 4. The Kier molecular flexibility index (Phi) is 3.34. The summed E-state index contributed by atoms with van der Waals surface area (Å²) in [6, 6.07) is 1.35. The number of rotatable bonds is 4. The Morgan fingerprint density at radius 2 is 2.24 bits per heavy atom. The van der Waals surface area contributed by atoms with E-state index in [9.17, 15) is 0 Å². The highest BCUT2D eigenvalue weighted by Gasteiger charge is 2.16. The molecule has 0 bridgehead atoms. The monoisotopic (exact) mass is 233 g/mol. The second-order valence-corrected chi connectivity index (χ2v) is 3.53. The molecule has 0 amide bonds. The third-order valence-electron chi connectivity index (χ3n) is 2.56. The van der Waals surface area contributed by atoms with Gasteiger partial charge in [-0.1, -0.05) is 0 Å². The highest BCUT2D eigenvalue weighted by atomic mass is 16.5. The molecule has 90 valence electrons. The summed E-state index contributed by atoms with van der Waals surface area (Å²) in [6.45, 7) is 2.86. The summed E-state index contributed by atoms with van der Waals surface area (Å²) in [5, 5.41) is 0. The van der Waals surface area contributed by atoms with E-state index in [-0.39, 0.29) is 6.04 Å². The number of nitrogens with two attached hydrogens (primary N) is 1. The molecule has 2 N–H and O–H groups in total. The number of ether oxygens (including phenoxy) is 1. The maximum absolute atomic E-state index is 6.13. The van der Waals surface area contributed by atoms with Crippen molar-refractivity contribution < 1.29 is 4.74 Å².